The van der Waals surface area contributed by atoms with Crippen molar-refractivity contribution in [2.24, 2.45) is 0 Å². The van der Waals surface area contributed by atoms with E-state index in [1.165, 1.54) is 36.2 Å². The fraction of sp³-hybridized carbons (Fsp3) is 0.429. The van der Waals surface area contributed by atoms with Crippen LogP contribution in [0, 0.1) is 0 Å². The van der Waals surface area contributed by atoms with Gasteiger partial charge in [0, 0.05) is 7.05 Å². The number of benzene rings is 1. The number of aryl methyl sites for hydroxylation is 1. The van der Waals surface area contributed by atoms with Crippen molar-refractivity contribution in [1.29, 1.82) is 0 Å². The Labute approximate surface area is 117 Å². The summed E-state index contributed by atoms with van der Waals surface area (Å²) in [5.74, 6) is 0.0459. The van der Waals surface area contributed by atoms with E-state index < -0.39 is 12.0 Å². The van der Waals surface area contributed by atoms with Gasteiger partial charge in [0.15, 0.2) is 0 Å². The van der Waals surface area contributed by atoms with Crippen LogP contribution >= 0.6 is 11.8 Å². The van der Waals surface area contributed by atoms with E-state index in [0.717, 1.165) is 12.2 Å². The SMILES string of the molecule is CC(C(=O)O)N(C)C(=O)CSCCc1ccccc1. The van der Waals surface area contributed by atoms with Crippen LogP contribution in [-0.2, 0) is 16.0 Å². The molecule has 1 atom stereocenters. The average Bonchev–Trinajstić information content (AvgIpc) is 2.42. The van der Waals surface area contributed by atoms with Gasteiger partial charge in [0.2, 0.25) is 5.91 Å². The van der Waals surface area contributed by atoms with Gasteiger partial charge in [-0.3, -0.25) is 4.79 Å². The standard InChI is InChI=1S/C14H19NO3S/c1-11(14(17)18)15(2)13(16)10-19-9-8-12-6-4-3-5-7-12/h3-7,11H,8-10H2,1-2H3,(H,17,18). The number of carboxylic acids is 1. The molecule has 0 spiro atoms. The highest BCUT2D eigenvalue weighted by Gasteiger charge is 2.21. The predicted octanol–water partition coefficient (Wildman–Crippen LogP) is 1.89. The van der Waals surface area contributed by atoms with Crippen molar-refractivity contribution in [1.82, 2.24) is 4.90 Å². The number of hydrogen-bond donors (Lipinski definition) is 1. The van der Waals surface area contributed by atoms with Crippen LogP contribution in [0.25, 0.3) is 0 Å². The first-order valence-electron chi connectivity index (χ1n) is 6.12. The number of carboxylic acid groups (broad SMARTS) is 1. The molecule has 0 aliphatic carbocycles. The summed E-state index contributed by atoms with van der Waals surface area (Å²) < 4.78 is 0. The maximum Gasteiger partial charge on any atom is 0.326 e. The molecular weight excluding hydrogens is 262 g/mol. The smallest absolute Gasteiger partial charge is 0.326 e. The lowest BCUT2D eigenvalue weighted by Crippen LogP contribution is -2.41. The Bertz CT molecular complexity index is 422. The van der Waals surface area contributed by atoms with Gasteiger partial charge in [-0.15, -0.1) is 0 Å². The molecule has 5 heteroatoms. The summed E-state index contributed by atoms with van der Waals surface area (Å²) in [6, 6.07) is 9.30. The zero-order valence-electron chi connectivity index (χ0n) is 11.2. The number of hydrogen-bond acceptors (Lipinski definition) is 3. The molecule has 1 amide bonds. The first kappa shape index (κ1) is 15.6. The van der Waals surface area contributed by atoms with Crippen molar-refractivity contribution >= 4 is 23.6 Å². The molecule has 0 heterocycles. The van der Waals surface area contributed by atoms with Gasteiger partial charge in [-0.2, -0.15) is 11.8 Å². The highest BCUT2D eigenvalue weighted by atomic mass is 32.2. The van der Waals surface area contributed by atoms with Gasteiger partial charge in [-0.05, 0) is 24.7 Å². The third kappa shape index (κ3) is 5.34. The van der Waals surface area contributed by atoms with Crippen molar-refractivity contribution < 1.29 is 14.7 Å². The molecule has 1 unspecified atom stereocenters. The number of nitrogens with zero attached hydrogens (tertiary/aromatic N) is 1. The minimum Gasteiger partial charge on any atom is -0.480 e. The molecule has 104 valence electrons. The third-order valence-corrected chi connectivity index (χ3v) is 3.88. The fourth-order valence-corrected chi connectivity index (χ4v) is 2.38. The average molecular weight is 281 g/mol. The van der Waals surface area contributed by atoms with Crippen LogP contribution < -0.4 is 0 Å². The second kappa shape index (κ2) is 7.84. The molecular formula is C14H19NO3S. The van der Waals surface area contributed by atoms with Gasteiger partial charge in [0.05, 0.1) is 5.75 Å². The maximum atomic E-state index is 11.7. The molecule has 0 saturated heterocycles. The summed E-state index contributed by atoms with van der Waals surface area (Å²) in [6.45, 7) is 1.51. The lowest BCUT2D eigenvalue weighted by molar-refractivity contribution is -0.147. The van der Waals surface area contributed by atoms with E-state index in [-0.39, 0.29) is 5.91 Å². The predicted molar refractivity (Wildman–Crippen MR) is 77.3 cm³/mol. The largest absolute Gasteiger partial charge is 0.480 e. The molecule has 19 heavy (non-hydrogen) atoms. The van der Waals surface area contributed by atoms with E-state index in [9.17, 15) is 9.59 Å². The van der Waals surface area contributed by atoms with Crippen molar-refractivity contribution in [2.45, 2.75) is 19.4 Å². The summed E-state index contributed by atoms with van der Waals surface area (Å²) in [5.41, 5.74) is 1.25. The Morgan fingerprint density at radius 1 is 1.32 bits per heavy atom. The molecule has 0 aliphatic rings. The Hall–Kier alpha value is -1.49. The zero-order chi connectivity index (χ0) is 14.3. The van der Waals surface area contributed by atoms with Crippen LogP contribution in [-0.4, -0.2) is 46.5 Å². The minimum absolute atomic E-state index is 0.145. The highest BCUT2D eigenvalue weighted by Crippen LogP contribution is 2.08. The maximum absolute atomic E-state index is 11.7. The number of carbonyl (C=O) groups excluding carboxylic acids is 1. The topological polar surface area (TPSA) is 57.6 Å². The van der Waals surface area contributed by atoms with Gasteiger partial charge < -0.3 is 10.0 Å². The summed E-state index contributed by atoms with van der Waals surface area (Å²) in [4.78, 5) is 23.8. The van der Waals surface area contributed by atoms with Crippen molar-refractivity contribution in [3.8, 4) is 0 Å². The second-order valence-corrected chi connectivity index (χ2v) is 5.41. The first-order valence-corrected chi connectivity index (χ1v) is 7.28. The van der Waals surface area contributed by atoms with Crippen LogP contribution in [0.1, 0.15) is 12.5 Å². The number of thioether (sulfide) groups is 1. The lowest BCUT2D eigenvalue weighted by atomic mass is 10.2. The molecule has 1 rings (SSSR count). The number of rotatable bonds is 7. The van der Waals surface area contributed by atoms with Gasteiger partial charge in [0.1, 0.15) is 6.04 Å². The van der Waals surface area contributed by atoms with Gasteiger partial charge in [-0.1, -0.05) is 30.3 Å². The van der Waals surface area contributed by atoms with Gasteiger partial charge in [-0.25, -0.2) is 4.79 Å². The zero-order valence-corrected chi connectivity index (χ0v) is 12.0. The summed E-state index contributed by atoms with van der Waals surface area (Å²) in [5, 5.41) is 8.82. The molecule has 0 saturated carbocycles. The van der Waals surface area contributed by atoms with Gasteiger partial charge >= 0.3 is 5.97 Å². The summed E-state index contributed by atoms with van der Waals surface area (Å²) in [6.07, 6.45) is 0.914. The number of carbonyl (C=O) groups is 2. The second-order valence-electron chi connectivity index (χ2n) is 4.31. The molecule has 0 aliphatic heterocycles. The van der Waals surface area contributed by atoms with Gasteiger partial charge in [0.25, 0.3) is 0 Å². The van der Waals surface area contributed by atoms with E-state index in [4.69, 9.17) is 5.11 Å². The van der Waals surface area contributed by atoms with E-state index in [1.807, 2.05) is 18.2 Å². The third-order valence-electron chi connectivity index (χ3n) is 2.94. The Balaban J connectivity index is 2.26. The van der Waals surface area contributed by atoms with Crippen LogP contribution in [0.5, 0.6) is 0 Å². The number of likely N-dealkylation sites (N-methyl/N-ethyl adjacent to an activating group) is 1. The molecule has 4 nitrogen and oxygen atoms in total. The molecule has 0 radical (unpaired) electrons. The first-order chi connectivity index (χ1) is 9.02. The van der Waals surface area contributed by atoms with E-state index >= 15 is 0 Å². The van der Waals surface area contributed by atoms with E-state index in [0.29, 0.717) is 5.75 Å². The minimum atomic E-state index is -0.981. The molecule has 1 aromatic carbocycles. The monoisotopic (exact) mass is 281 g/mol. The molecule has 1 aromatic rings. The number of aliphatic carboxylic acids is 1. The Morgan fingerprint density at radius 3 is 2.53 bits per heavy atom. The van der Waals surface area contributed by atoms with Crippen LogP contribution in [0.15, 0.2) is 30.3 Å². The molecule has 0 aromatic heterocycles. The van der Waals surface area contributed by atoms with Crippen molar-refractivity contribution in [3.05, 3.63) is 35.9 Å². The fourth-order valence-electron chi connectivity index (χ4n) is 1.48. The Kier molecular flexibility index (Phi) is 6.42. The van der Waals surface area contributed by atoms with E-state index in [1.54, 1.807) is 0 Å². The summed E-state index contributed by atoms with van der Waals surface area (Å²) >= 11 is 1.53. The molecule has 0 fully saturated rings. The number of amides is 1. The lowest BCUT2D eigenvalue weighted by Gasteiger charge is -2.21. The van der Waals surface area contributed by atoms with Crippen LogP contribution in [0.3, 0.4) is 0 Å². The molecule has 0 bridgehead atoms. The quantitative estimate of drug-likeness (QED) is 0.775. The highest BCUT2D eigenvalue weighted by molar-refractivity contribution is 7.99. The van der Waals surface area contributed by atoms with Crippen LogP contribution in [0.4, 0.5) is 0 Å². The Morgan fingerprint density at radius 2 is 1.95 bits per heavy atom. The van der Waals surface area contributed by atoms with Crippen molar-refractivity contribution in [3.63, 3.8) is 0 Å². The van der Waals surface area contributed by atoms with E-state index in [2.05, 4.69) is 12.1 Å². The summed E-state index contributed by atoms with van der Waals surface area (Å²) in [7, 11) is 1.53. The molecule has 1 N–H and O–H groups in total. The van der Waals surface area contributed by atoms with Crippen molar-refractivity contribution in [2.75, 3.05) is 18.6 Å². The van der Waals surface area contributed by atoms with Crippen LogP contribution in [0.2, 0.25) is 0 Å². The normalized spacial score (nSPS) is 11.9.